The SMILES string of the molecule is O=C(Nc1ccccc1)c1ccc(=O)n(Cc2ccccc2Cl)c1. The summed E-state index contributed by atoms with van der Waals surface area (Å²) < 4.78 is 1.47. The zero-order valence-corrected chi connectivity index (χ0v) is 13.5. The maximum Gasteiger partial charge on any atom is 0.257 e. The summed E-state index contributed by atoms with van der Waals surface area (Å²) >= 11 is 6.14. The fourth-order valence-electron chi connectivity index (χ4n) is 2.32. The summed E-state index contributed by atoms with van der Waals surface area (Å²) in [5, 5.41) is 3.39. The van der Waals surface area contributed by atoms with Gasteiger partial charge in [0.2, 0.25) is 0 Å². The van der Waals surface area contributed by atoms with Gasteiger partial charge in [-0.1, -0.05) is 48.0 Å². The van der Waals surface area contributed by atoms with Crippen LogP contribution in [0.25, 0.3) is 0 Å². The van der Waals surface area contributed by atoms with Gasteiger partial charge in [0.25, 0.3) is 11.5 Å². The number of benzene rings is 2. The quantitative estimate of drug-likeness (QED) is 0.786. The number of carbonyl (C=O) groups is 1. The van der Waals surface area contributed by atoms with E-state index in [1.54, 1.807) is 24.4 Å². The largest absolute Gasteiger partial charge is 0.322 e. The van der Waals surface area contributed by atoms with Crippen LogP contribution in [0.15, 0.2) is 77.7 Å². The molecule has 0 aliphatic heterocycles. The Morgan fingerprint density at radius 1 is 0.958 bits per heavy atom. The average Bonchev–Trinajstić information content (AvgIpc) is 2.59. The van der Waals surface area contributed by atoms with Gasteiger partial charge < -0.3 is 9.88 Å². The maximum absolute atomic E-state index is 12.3. The summed E-state index contributed by atoms with van der Waals surface area (Å²) in [4.78, 5) is 24.4. The van der Waals surface area contributed by atoms with Gasteiger partial charge in [-0.15, -0.1) is 0 Å². The molecule has 0 unspecified atom stereocenters. The van der Waals surface area contributed by atoms with Crippen LogP contribution in [-0.4, -0.2) is 10.5 Å². The molecule has 1 heterocycles. The van der Waals surface area contributed by atoms with Crippen molar-refractivity contribution in [3.63, 3.8) is 0 Å². The number of halogens is 1. The number of para-hydroxylation sites is 1. The standard InChI is InChI=1S/C19H15ClN2O2/c20-17-9-5-4-6-14(17)12-22-13-15(10-11-18(22)23)19(24)21-16-7-2-1-3-8-16/h1-11,13H,12H2,(H,21,24). The molecule has 4 nitrogen and oxygen atoms in total. The van der Waals surface area contributed by atoms with Crippen LogP contribution in [-0.2, 0) is 6.54 Å². The third-order valence-electron chi connectivity index (χ3n) is 3.58. The van der Waals surface area contributed by atoms with Gasteiger partial charge >= 0.3 is 0 Å². The number of amides is 1. The summed E-state index contributed by atoms with van der Waals surface area (Å²) in [7, 11) is 0. The Morgan fingerprint density at radius 2 is 1.67 bits per heavy atom. The molecule has 3 rings (SSSR count). The number of pyridine rings is 1. The highest BCUT2D eigenvalue weighted by molar-refractivity contribution is 6.31. The molecule has 0 spiro atoms. The molecule has 0 saturated heterocycles. The zero-order valence-electron chi connectivity index (χ0n) is 12.8. The third-order valence-corrected chi connectivity index (χ3v) is 3.94. The fraction of sp³-hybridized carbons (Fsp3) is 0.0526. The lowest BCUT2D eigenvalue weighted by Crippen LogP contribution is -2.22. The number of nitrogens with one attached hydrogen (secondary N) is 1. The molecular formula is C19H15ClN2O2. The van der Waals surface area contributed by atoms with Crippen LogP contribution in [0.3, 0.4) is 0 Å². The van der Waals surface area contributed by atoms with Gasteiger partial charge in [-0.05, 0) is 29.8 Å². The monoisotopic (exact) mass is 338 g/mol. The highest BCUT2D eigenvalue weighted by atomic mass is 35.5. The summed E-state index contributed by atoms with van der Waals surface area (Å²) in [6.07, 6.45) is 1.55. The van der Waals surface area contributed by atoms with Crippen molar-refractivity contribution >= 4 is 23.2 Å². The summed E-state index contributed by atoms with van der Waals surface area (Å²) in [5.74, 6) is -0.269. The van der Waals surface area contributed by atoms with E-state index in [2.05, 4.69) is 5.32 Å². The van der Waals surface area contributed by atoms with Crippen molar-refractivity contribution in [1.82, 2.24) is 4.57 Å². The van der Waals surface area contributed by atoms with Gasteiger partial charge in [0, 0.05) is 23.0 Å². The Hall–Kier alpha value is -2.85. The predicted molar refractivity (Wildman–Crippen MR) is 95.7 cm³/mol. The maximum atomic E-state index is 12.3. The molecular weight excluding hydrogens is 324 g/mol. The van der Waals surface area contributed by atoms with Gasteiger partial charge in [-0.25, -0.2) is 0 Å². The van der Waals surface area contributed by atoms with E-state index in [1.807, 2.05) is 36.4 Å². The van der Waals surface area contributed by atoms with Gasteiger partial charge in [0.05, 0.1) is 12.1 Å². The second kappa shape index (κ2) is 7.15. The first-order chi connectivity index (χ1) is 11.6. The number of aromatic nitrogens is 1. The Morgan fingerprint density at radius 3 is 2.42 bits per heavy atom. The van der Waals surface area contributed by atoms with Crippen molar-refractivity contribution in [2.75, 3.05) is 5.32 Å². The van der Waals surface area contributed by atoms with Crippen molar-refractivity contribution in [3.8, 4) is 0 Å². The fourth-order valence-corrected chi connectivity index (χ4v) is 2.52. The molecule has 120 valence electrons. The van der Waals surface area contributed by atoms with E-state index in [9.17, 15) is 9.59 Å². The smallest absolute Gasteiger partial charge is 0.257 e. The molecule has 0 saturated carbocycles. The molecule has 0 atom stereocenters. The molecule has 0 fully saturated rings. The van der Waals surface area contributed by atoms with Crippen LogP contribution < -0.4 is 10.9 Å². The second-order valence-corrected chi connectivity index (χ2v) is 5.70. The van der Waals surface area contributed by atoms with E-state index in [0.29, 0.717) is 22.8 Å². The Balaban J connectivity index is 1.85. The van der Waals surface area contributed by atoms with Gasteiger partial charge in [0.1, 0.15) is 0 Å². The second-order valence-electron chi connectivity index (χ2n) is 5.30. The topological polar surface area (TPSA) is 51.1 Å². The van der Waals surface area contributed by atoms with Crippen LogP contribution in [0.5, 0.6) is 0 Å². The first-order valence-electron chi connectivity index (χ1n) is 7.44. The zero-order chi connectivity index (χ0) is 16.9. The van der Waals surface area contributed by atoms with Crippen LogP contribution in [0, 0.1) is 0 Å². The number of carbonyl (C=O) groups excluding carboxylic acids is 1. The number of hydrogen-bond acceptors (Lipinski definition) is 2. The van der Waals surface area contributed by atoms with E-state index in [4.69, 9.17) is 11.6 Å². The van der Waals surface area contributed by atoms with E-state index in [1.165, 1.54) is 16.7 Å². The van der Waals surface area contributed by atoms with Gasteiger partial charge in [-0.2, -0.15) is 0 Å². The lowest BCUT2D eigenvalue weighted by molar-refractivity contribution is 0.102. The van der Waals surface area contributed by atoms with Crippen molar-refractivity contribution in [2.45, 2.75) is 6.54 Å². The number of hydrogen-bond donors (Lipinski definition) is 1. The first kappa shape index (κ1) is 16.0. The van der Waals surface area contributed by atoms with Crippen molar-refractivity contribution < 1.29 is 4.79 Å². The van der Waals surface area contributed by atoms with Crippen LogP contribution in [0.1, 0.15) is 15.9 Å². The van der Waals surface area contributed by atoms with E-state index in [0.717, 1.165) is 5.56 Å². The van der Waals surface area contributed by atoms with Crippen molar-refractivity contribution in [2.24, 2.45) is 0 Å². The lowest BCUT2D eigenvalue weighted by Gasteiger charge is -2.10. The molecule has 0 radical (unpaired) electrons. The molecule has 1 amide bonds. The van der Waals surface area contributed by atoms with Crippen LogP contribution in [0.2, 0.25) is 5.02 Å². The van der Waals surface area contributed by atoms with Crippen molar-refractivity contribution in [1.29, 1.82) is 0 Å². The molecule has 0 aliphatic rings. The Bertz CT molecular complexity index is 920. The minimum absolute atomic E-state index is 0.189. The molecule has 1 aromatic heterocycles. The Kier molecular flexibility index (Phi) is 4.77. The summed E-state index contributed by atoms with van der Waals surface area (Å²) in [6.45, 7) is 0.310. The summed E-state index contributed by atoms with van der Waals surface area (Å²) in [6, 6.07) is 19.4. The van der Waals surface area contributed by atoms with Crippen molar-refractivity contribution in [3.05, 3.63) is 99.4 Å². The normalized spacial score (nSPS) is 10.4. The first-order valence-corrected chi connectivity index (χ1v) is 7.81. The minimum atomic E-state index is -0.269. The molecule has 0 aliphatic carbocycles. The average molecular weight is 339 g/mol. The van der Waals surface area contributed by atoms with E-state index < -0.39 is 0 Å². The predicted octanol–water partition coefficient (Wildman–Crippen LogP) is 3.80. The molecule has 0 bridgehead atoms. The molecule has 24 heavy (non-hydrogen) atoms. The Labute approximate surface area is 144 Å². The summed E-state index contributed by atoms with van der Waals surface area (Å²) in [5.41, 5.74) is 1.74. The number of anilines is 1. The van der Waals surface area contributed by atoms with E-state index >= 15 is 0 Å². The van der Waals surface area contributed by atoms with E-state index in [-0.39, 0.29) is 11.5 Å². The number of nitrogens with zero attached hydrogens (tertiary/aromatic N) is 1. The molecule has 1 N–H and O–H groups in total. The third kappa shape index (κ3) is 3.73. The van der Waals surface area contributed by atoms with Gasteiger partial charge in [0.15, 0.2) is 0 Å². The lowest BCUT2D eigenvalue weighted by atomic mass is 10.2. The number of rotatable bonds is 4. The van der Waals surface area contributed by atoms with Crippen LogP contribution in [0.4, 0.5) is 5.69 Å². The molecule has 5 heteroatoms. The highest BCUT2D eigenvalue weighted by Gasteiger charge is 2.09. The minimum Gasteiger partial charge on any atom is -0.322 e. The van der Waals surface area contributed by atoms with Gasteiger partial charge in [-0.3, -0.25) is 9.59 Å². The van der Waals surface area contributed by atoms with Crippen LogP contribution >= 0.6 is 11.6 Å². The highest BCUT2D eigenvalue weighted by Crippen LogP contribution is 2.16. The molecule has 3 aromatic rings. The molecule has 2 aromatic carbocycles.